The molecular formula is C10H10O6. The molecule has 0 aliphatic carbocycles. The Hall–Kier alpha value is -2.24. The molecule has 0 unspecified atom stereocenters. The van der Waals surface area contributed by atoms with Crippen LogP contribution in [0.3, 0.4) is 0 Å². The Balaban J connectivity index is 2.89. The molecule has 0 amide bonds. The maximum absolute atomic E-state index is 11.2. The van der Waals surface area contributed by atoms with Crippen LogP contribution in [0.5, 0.6) is 11.5 Å². The molecule has 0 atom stereocenters. The summed E-state index contributed by atoms with van der Waals surface area (Å²) in [5.41, 5.74) is -0.0783. The molecule has 0 fully saturated rings. The van der Waals surface area contributed by atoms with Crippen molar-refractivity contribution in [2.24, 2.45) is 0 Å². The van der Waals surface area contributed by atoms with Crippen LogP contribution >= 0.6 is 0 Å². The number of carbonyl (C=O) groups excluding carboxylic acids is 1. The third kappa shape index (κ3) is 2.88. The van der Waals surface area contributed by atoms with Gasteiger partial charge in [0, 0.05) is 0 Å². The summed E-state index contributed by atoms with van der Waals surface area (Å²) in [5, 5.41) is 17.7. The van der Waals surface area contributed by atoms with Gasteiger partial charge < -0.3 is 19.7 Å². The Morgan fingerprint density at radius 2 is 2.06 bits per heavy atom. The van der Waals surface area contributed by atoms with E-state index >= 15 is 0 Å². The van der Waals surface area contributed by atoms with E-state index in [1.807, 2.05) is 0 Å². The van der Waals surface area contributed by atoms with E-state index in [1.54, 1.807) is 0 Å². The molecule has 0 heterocycles. The Bertz CT molecular complexity index is 412. The highest BCUT2D eigenvalue weighted by molar-refractivity contribution is 5.92. The quantitative estimate of drug-likeness (QED) is 0.732. The number of ether oxygens (including phenoxy) is 2. The Morgan fingerprint density at radius 3 is 2.62 bits per heavy atom. The van der Waals surface area contributed by atoms with Crippen molar-refractivity contribution in [1.29, 1.82) is 0 Å². The van der Waals surface area contributed by atoms with Gasteiger partial charge in [0.1, 0.15) is 17.1 Å². The van der Waals surface area contributed by atoms with Crippen molar-refractivity contribution in [2.45, 2.75) is 0 Å². The number of esters is 1. The third-order valence-corrected chi connectivity index (χ3v) is 1.74. The fraction of sp³-hybridized carbons (Fsp3) is 0.200. The van der Waals surface area contributed by atoms with E-state index in [4.69, 9.17) is 9.84 Å². The molecular weight excluding hydrogens is 216 g/mol. The summed E-state index contributed by atoms with van der Waals surface area (Å²) < 4.78 is 9.27. The van der Waals surface area contributed by atoms with Crippen molar-refractivity contribution in [1.82, 2.24) is 0 Å². The van der Waals surface area contributed by atoms with E-state index in [0.29, 0.717) is 0 Å². The van der Waals surface area contributed by atoms with Crippen LogP contribution in [0.25, 0.3) is 0 Å². The normalized spacial score (nSPS) is 9.56. The van der Waals surface area contributed by atoms with E-state index in [2.05, 4.69) is 4.74 Å². The summed E-state index contributed by atoms with van der Waals surface area (Å²) >= 11 is 0. The second-order valence-corrected chi connectivity index (χ2v) is 2.85. The molecule has 0 aromatic heterocycles. The molecule has 6 nitrogen and oxygen atoms in total. The van der Waals surface area contributed by atoms with E-state index in [1.165, 1.54) is 25.3 Å². The minimum atomic E-state index is -1.13. The lowest BCUT2D eigenvalue weighted by Crippen LogP contribution is -2.10. The summed E-state index contributed by atoms with van der Waals surface area (Å²) in [4.78, 5) is 21.4. The lowest BCUT2D eigenvalue weighted by Gasteiger charge is -2.06. The number of hydrogen-bond donors (Lipinski definition) is 2. The topological polar surface area (TPSA) is 93.1 Å². The number of phenols is 1. The number of rotatable bonds is 4. The Labute approximate surface area is 91.0 Å². The van der Waals surface area contributed by atoms with E-state index in [0.717, 1.165) is 0 Å². The number of carboxylic acids is 1. The van der Waals surface area contributed by atoms with Gasteiger partial charge in [0.05, 0.1) is 7.11 Å². The number of carboxylic acid groups (broad SMARTS) is 1. The van der Waals surface area contributed by atoms with Crippen molar-refractivity contribution < 1.29 is 29.3 Å². The van der Waals surface area contributed by atoms with Crippen LogP contribution in [0, 0.1) is 0 Å². The number of methoxy groups -OCH3 is 1. The maximum atomic E-state index is 11.2. The zero-order valence-electron chi connectivity index (χ0n) is 8.47. The minimum Gasteiger partial charge on any atom is -0.507 e. The summed E-state index contributed by atoms with van der Waals surface area (Å²) in [6.45, 7) is -0.522. The fourth-order valence-electron chi connectivity index (χ4n) is 1.02. The molecule has 1 aromatic carbocycles. The molecule has 0 bridgehead atoms. The average molecular weight is 226 g/mol. The lowest BCUT2D eigenvalue weighted by atomic mass is 10.2. The number of hydrogen-bond acceptors (Lipinski definition) is 5. The predicted molar refractivity (Wildman–Crippen MR) is 52.6 cm³/mol. The smallest absolute Gasteiger partial charge is 0.341 e. The first kappa shape index (κ1) is 11.8. The molecule has 0 aliphatic heterocycles. The number of aliphatic carboxylic acids is 1. The lowest BCUT2D eigenvalue weighted by molar-refractivity contribution is -0.139. The van der Waals surface area contributed by atoms with Crippen LogP contribution in [0.1, 0.15) is 10.4 Å². The molecule has 6 heteroatoms. The molecule has 1 aromatic rings. The van der Waals surface area contributed by atoms with Crippen molar-refractivity contribution in [3.05, 3.63) is 23.8 Å². The van der Waals surface area contributed by atoms with Gasteiger partial charge in [0.2, 0.25) is 0 Å². The SMILES string of the molecule is COC(=O)c1cc(OCC(=O)O)ccc1O. The molecule has 0 radical (unpaired) electrons. The summed E-state index contributed by atoms with van der Waals surface area (Å²) in [7, 11) is 1.17. The molecule has 0 saturated heterocycles. The van der Waals surface area contributed by atoms with Gasteiger partial charge in [0.25, 0.3) is 0 Å². The molecule has 0 spiro atoms. The molecule has 2 N–H and O–H groups in total. The second kappa shape index (κ2) is 5.01. The van der Waals surface area contributed by atoms with Gasteiger partial charge >= 0.3 is 11.9 Å². The Kier molecular flexibility index (Phi) is 3.71. The van der Waals surface area contributed by atoms with Crippen molar-refractivity contribution in [2.75, 3.05) is 13.7 Å². The molecule has 0 saturated carbocycles. The summed E-state index contributed by atoms with van der Waals surface area (Å²) in [6, 6.07) is 3.79. The van der Waals surface area contributed by atoms with Gasteiger partial charge in [0.15, 0.2) is 6.61 Å². The maximum Gasteiger partial charge on any atom is 0.341 e. The number of benzene rings is 1. The van der Waals surface area contributed by atoms with E-state index in [-0.39, 0.29) is 17.1 Å². The van der Waals surface area contributed by atoms with Gasteiger partial charge in [-0.3, -0.25) is 0 Å². The van der Waals surface area contributed by atoms with Crippen LogP contribution in [0.4, 0.5) is 0 Å². The van der Waals surface area contributed by atoms with Crippen molar-refractivity contribution in [3.63, 3.8) is 0 Å². The van der Waals surface area contributed by atoms with Crippen molar-refractivity contribution in [3.8, 4) is 11.5 Å². The first-order valence-electron chi connectivity index (χ1n) is 4.30. The van der Waals surface area contributed by atoms with Crippen LogP contribution in [0.15, 0.2) is 18.2 Å². The zero-order valence-corrected chi connectivity index (χ0v) is 8.47. The highest BCUT2D eigenvalue weighted by atomic mass is 16.5. The molecule has 86 valence electrons. The van der Waals surface area contributed by atoms with Gasteiger partial charge in [-0.25, -0.2) is 9.59 Å². The van der Waals surface area contributed by atoms with E-state index < -0.39 is 18.5 Å². The van der Waals surface area contributed by atoms with Gasteiger partial charge in [-0.05, 0) is 18.2 Å². The zero-order chi connectivity index (χ0) is 12.1. The summed E-state index contributed by atoms with van der Waals surface area (Å²) in [5.74, 6) is -1.94. The highest BCUT2D eigenvalue weighted by Crippen LogP contribution is 2.23. The standard InChI is InChI=1S/C10H10O6/c1-15-10(14)7-4-6(2-3-8(7)11)16-5-9(12)13/h2-4,11H,5H2,1H3,(H,12,13). The minimum absolute atomic E-state index is 0.0783. The molecule has 0 aliphatic rings. The van der Waals surface area contributed by atoms with Crippen LogP contribution < -0.4 is 4.74 Å². The van der Waals surface area contributed by atoms with Crippen LogP contribution in [-0.2, 0) is 9.53 Å². The number of aromatic hydroxyl groups is 1. The second-order valence-electron chi connectivity index (χ2n) is 2.85. The highest BCUT2D eigenvalue weighted by Gasteiger charge is 2.12. The molecule has 1 rings (SSSR count). The average Bonchev–Trinajstić information content (AvgIpc) is 2.27. The summed E-state index contributed by atoms with van der Waals surface area (Å²) in [6.07, 6.45) is 0. The van der Waals surface area contributed by atoms with E-state index in [9.17, 15) is 14.7 Å². The van der Waals surface area contributed by atoms with Gasteiger partial charge in [-0.1, -0.05) is 0 Å². The third-order valence-electron chi connectivity index (χ3n) is 1.74. The van der Waals surface area contributed by atoms with Crippen LogP contribution in [-0.4, -0.2) is 35.9 Å². The van der Waals surface area contributed by atoms with Crippen molar-refractivity contribution >= 4 is 11.9 Å². The first-order chi connectivity index (χ1) is 7.54. The Morgan fingerprint density at radius 1 is 1.38 bits per heavy atom. The number of phenolic OH excluding ortho intramolecular Hbond substituents is 1. The largest absolute Gasteiger partial charge is 0.507 e. The predicted octanol–water partition coefficient (Wildman–Crippen LogP) is 0.642. The monoisotopic (exact) mass is 226 g/mol. The first-order valence-corrected chi connectivity index (χ1v) is 4.30. The molecule has 16 heavy (non-hydrogen) atoms. The number of carbonyl (C=O) groups is 2. The van der Waals surface area contributed by atoms with Crippen LogP contribution in [0.2, 0.25) is 0 Å². The van der Waals surface area contributed by atoms with Gasteiger partial charge in [-0.2, -0.15) is 0 Å². The fourth-order valence-corrected chi connectivity index (χ4v) is 1.02. The van der Waals surface area contributed by atoms with Gasteiger partial charge in [-0.15, -0.1) is 0 Å².